The van der Waals surface area contributed by atoms with E-state index in [1.54, 1.807) is 0 Å². The van der Waals surface area contributed by atoms with Gasteiger partial charge < -0.3 is 4.57 Å². The van der Waals surface area contributed by atoms with E-state index in [2.05, 4.69) is 95.3 Å². The molecule has 0 radical (unpaired) electrons. The highest BCUT2D eigenvalue weighted by Crippen LogP contribution is 2.25. The van der Waals surface area contributed by atoms with E-state index in [0.717, 1.165) is 6.54 Å². The number of hydrogen-bond donors (Lipinski definition) is 0. The average Bonchev–Trinajstić information content (AvgIpc) is 3.17. The van der Waals surface area contributed by atoms with Gasteiger partial charge in [-0.15, -0.1) is 0 Å². The smallest absolute Gasteiger partial charge is 0.0951 e. The fraction of sp³-hybridized carbons (Fsp3) is 0.125. The summed E-state index contributed by atoms with van der Waals surface area (Å²) in [5.41, 5.74) is 6.33. The second kappa shape index (κ2) is 7.40. The Morgan fingerprint density at radius 2 is 1.38 bits per heavy atom. The molecule has 2 nitrogen and oxygen atoms in total. The molecule has 0 aliphatic heterocycles. The third-order valence-electron chi connectivity index (χ3n) is 4.90. The first-order valence-electron chi connectivity index (χ1n) is 9.00. The molecule has 0 fully saturated rings. The van der Waals surface area contributed by atoms with Crippen LogP contribution in [0.25, 0.3) is 11.1 Å². The molecule has 1 atom stereocenters. The molecule has 0 bridgehead atoms. The minimum absolute atomic E-state index is 0.322. The summed E-state index contributed by atoms with van der Waals surface area (Å²) in [4.78, 5) is 4.39. The average molecular weight is 338 g/mol. The minimum atomic E-state index is 0.322. The van der Waals surface area contributed by atoms with Crippen molar-refractivity contribution in [1.29, 1.82) is 0 Å². The number of rotatable bonds is 5. The zero-order valence-electron chi connectivity index (χ0n) is 14.9. The summed E-state index contributed by atoms with van der Waals surface area (Å²) in [5, 5.41) is 0. The summed E-state index contributed by atoms with van der Waals surface area (Å²) in [5.74, 6) is 0.322. The number of aromatic nitrogens is 2. The Labute approximate surface area is 154 Å². The Kier molecular flexibility index (Phi) is 4.65. The summed E-state index contributed by atoms with van der Waals surface area (Å²) < 4.78 is 2.25. The summed E-state index contributed by atoms with van der Waals surface area (Å²) in [7, 11) is 0. The van der Waals surface area contributed by atoms with Gasteiger partial charge in [0.25, 0.3) is 0 Å². The van der Waals surface area contributed by atoms with Crippen molar-refractivity contribution in [3.8, 4) is 11.1 Å². The lowest BCUT2D eigenvalue weighted by molar-refractivity contribution is 0.710. The molecule has 0 spiro atoms. The van der Waals surface area contributed by atoms with E-state index < -0.39 is 0 Å². The summed E-state index contributed by atoms with van der Waals surface area (Å²) in [6.45, 7) is 3.07. The fourth-order valence-corrected chi connectivity index (χ4v) is 3.37. The van der Waals surface area contributed by atoms with Crippen molar-refractivity contribution in [2.75, 3.05) is 0 Å². The van der Waals surface area contributed by atoms with Crippen LogP contribution in [0.5, 0.6) is 0 Å². The van der Waals surface area contributed by atoms with Crippen molar-refractivity contribution in [1.82, 2.24) is 9.55 Å². The quantitative estimate of drug-likeness (QED) is 0.453. The largest absolute Gasteiger partial charge is 0.330 e. The van der Waals surface area contributed by atoms with Crippen molar-refractivity contribution in [3.63, 3.8) is 0 Å². The van der Waals surface area contributed by atoms with Crippen LogP contribution >= 0.6 is 0 Å². The second-order valence-electron chi connectivity index (χ2n) is 6.64. The molecule has 0 amide bonds. The Balaban J connectivity index is 1.54. The summed E-state index contributed by atoms with van der Waals surface area (Å²) >= 11 is 0. The Hall–Kier alpha value is -3.13. The maximum Gasteiger partial charge on any atom is 0.0951 e. The van der Waals surface area contributed by atoms with Crippen LogP contribution < -0.4 is 0 Å². The van der Waals surface area contributed by atoms with Crippen molar-refractivity contribution in [3.05, 3.63) is 114 Å². The number of imidazole rings is 1. The first kappa shape index (κ1) is 16.3. The van der Waals surface area contributed by atoms with E-state index in [1.807, 2.05) is 18.6 Å². The molecule has 128 valence electrons. The third-order valence-corrected chi connectivity index (χ3v) is 4.90. The fourth-order valence-electron chi connectivity index (χ4n) is 3.37. The standard InChI is InChI=1S/C24H22N2/c1-19(21-8-4-2-5-9-21)24-16-25-18-26(24)17-20-12-14-23(15-13-20)22-10-6-3-7-11-22/h2-16,18-19H,17H2,1H3. The number of hydrogen-bond acceptors (Lipinski definition) is 1. The lowest BCUT2D eigenvalue weighted by Crippen LogP contribution is -2.07. The van der Waals surface area contributed by atoms with Gasteiger partial charge in [0.1, 0.15) is 0 Å². The number of benzene rings is 3. The zero-order valence-corrected chi connectivity index (χ0v) is 14.9. The molecule has 1 unspecified atom stereocenters. The Morgan fingerprint density at radius 3 is 2.08 bits per heavy atom. The summed E-state index contributed by atoms with van der Waals surface area (Å²) in [6, 6.07) is 29.9. The van der Waals surface area contributed by atoms with Crippen molar-refractivity contribution in [2.24, 2.45) is 0 Å². The highest BCUT2D eigenvalue weighted by molar-refractivity contribution is 5.63. The van der Waals surface area contributed by atoms with Crippen LogP contribution in [0.2, 0.25) is 0 Å². The number of nitrogens with zero attached hydrogens (tertiary/aromatic N) is 2. The monoisotopic (exact) mass is 338 g/mol. The predicted molar refractivity (Wildman–Crippen MR) is 107 cm³/mol. The molecule has 0 aliphatic carbocycles. The van der Waals surface area contributed by atoms with Crippen LogP contribution in [0.3, 0.4) is 0 Å². The van der Waals surface area contributed by atoms with Gasteiger partial charge in [0.05, 0.1) is 6.33 Å². The van der Waals surface area contributed by atoms with E-state index in [0.29, 0.717) is 5.92 Å². The lowest BCUT2D eigenvalue weighted by Gasteiger charge is -2.15. The van der Waals surface area contributed by atoms with Crippen LogP contribution in [0.1, 0.15) is 29.7 Å². The van der Waals surface area contributed by atoms with E-state index in [-0.39, 0.29) is 0 Å². The van der Waals surface area contributed by atoms with Gasteiger partial charge in [-0.25, -0.2) is 4.98 Å². The van der Waals surface area contributed by atoms with Crippen LogP contribution in [0.4, 0.5) is 0 Å². The van der Waals surface area contributed by atoms with Gasteiger partial charge in [0, 0.05) is 24.4 Å². The van der Waals surface area contributed by atoms with Gasteiger partial charge >= 0.3 is 0 Å². The van der Waals surface area contributed by atoms with Crippen LogP contribution in [-0.2, 0) is 6.54 Å². The first-order chi connectivity index (χ1) is 12.8. The predicted octanol–water partition coefficient (Wildman–Crippen LogP) is 5.75. The topological polar surface area (TPSA) is 17.8 Å². The molecule has 0 aliphatic rings. The van der Waals surface area contributed by atoms with Crippen LogP contribution in [0.15, 0.2) is 97.5 Å². The van der Waals surface area contributed by atoms with Gasteiger partial charge in [0.15, 0.2) is 0 Å². The van der Waals surface area contributed by atoms with Crippen LogP contribution in [-0.4, -0.2) is 9.55 Å². The maximum absolute atomic E-state index is 4.39. The second-order valence-corrected chi connectivity index (χ2v) is 6.64. The van der Waals surface area contributed by atoms with E-state index in [9.17, 15) is 0 Å². The molecule has 1 heterocycles. The van der Waals surface area contributed by atoms with Gasteiger partial charge in [-0.2, -0.15) is 0 Å². The van der Waals surface area contributed by atoms with Crippen molar-refractivity contribution >= 4 is 0 Å². The molecular formula is C24H22N2. The molecule has 1 aromatic heterocycles. The van der Waals surface area contributed by atoms with Gasteiger partial charge in [-0.3, -0.25) is 0 Å². The SMILES string of the molecule is CC(c1ccccc1)c1cncn1Cc1ccc(-c2ccccc2)cc1. The van der Waals surface area contributed by atoms with Crippen molar-refractivity contribution < 1.29 is 0 Å². The molecule has 0 saturated heterocycles. The summed E-state index contributed by atoms with van der Waals surface area (Å²) in [6.07, 6.45) is 3.91. The van der Waals surface area contributed by atoms with Crippen LogP contribution in [0, 0.1) is 0 Å². The normalized spacial score (nSPS) is 12.0. The molecule has 4 rings (SSSR count). The molecule has 2 heteroatoms. The molecule has 0 N–H and O–H groups in total. The van der Waals surface area contributed by atoms with Crippen molar-refractivity contribution in [2.45, 2.75) is 19.4 Å². The molecule has 26 heavy (non-hydrogen) atoms. The van der Waals surface area contributed by atoms with Gasteiger partial charge in [-0.05, 0) is 22.3 Å². The molecular weight excluding hydrogens is 316 g/mol. The lowest BCUT2D eigenvalue weighted by atomic mass is 9.98. The van der Waals surface area contributed by atoms with Gasteiger partial charge in [-0.1, -0.05) is 91.9 Å². The zero-order chi connectivity index (χ0) is 17.8. The highest BCUT2D eigenvalue weighted by atomic mass is 15.0. The Bertz CT molecular complexity index is 954. The first-order valence-corrected chi connectivity index (χ1v) is 9.00. The third kappa shape index (κ3) is 3.45. The molecule has 3 aromatic carbocycles. The van der Waals surface area contributed by atoms with E-state index in [4.69, 9.17) is 0 Å². The highest BCUT2D eigenvalue weighted by Gasteiger charge is 2.13. The molecule has 4 aromatic rings. The minimum Gasteiger partial charge on any atom is -0.330 e. The Morgan fingerprint density at radius 1 is 0.769 bits per heavy atom. The van der Waals surface area contributed by atoms with Gasteiger partial charge in [0.2, 0.25) is 0 Å². The van der Waals surface area contributed by atoms with E-state index >= 15 is 0 Å². The maximum atomic E-state index is 4.39. The van der Waals surface area contributed by atoms with E-state index in [1.165, 1.54) is 27.9 Å². The molecule has 0 saturated carbocycles.